The maximum absolute atomic E-state index is 10.4. The Hall–Kier alpha value is -3.11. The molecular formula is C25H28N3O+. The van der Waals surface area contributed by atoms with Crippen LogP contribution in [-0.4, -0.2) is 42.5 Å². The number of phenols is 1. The number of quaternary nitrogens is 1. The lowest BCUT2D eigenvalue weighted by molar-refractivity contribution is -0.918. The van der Waals surface area contributed by atoms with Crippen LogP contribution in [0.5, 0.6) is 5.75 Å². The zero-order valence-corrected chi connectivity index (χ0v) is 16.7. The van der Waals surface area contributed by atoms with Gasteiger partial charge in [0.05, 0.1) is 32.4 Å². The molecular weight excluding hydrogens is 358 g/mol. The van der Waals surface area contributed by atoms with Crippen molar-refractivity contribution >= 4 is 17.0 Å². The van der Waals surface area contributed by atoms with Gasteiger partial charge in [-0.2, -0.15) is 5.10 Å². The van der Waals surface area contributed by atoms with E-state index in [4.69, 9.17) is 0 Å². The average molecular weight is 387 g/mol. The number of phenolic OH excluding ortho intramolecular Hbond substituents is 1. The van der Waals surface area contributed by atoms with E-state index in [-0.39, 0.29) is 0 Å². The van der Waals surface area contributed by atoms with Gasteiger partial charge in [0.25, 0.3) is 0 Å². The fourth-order valence-corrected chi connectivity index (χ4v) is 4.00. The minimum atomic E-state index is 0.302. The Bertz CT molecular complexity index is 1010. The Morgan fingerprint density at radius 1 is 0.966 bits per heavy atom. The van der Waals surface area contributed by atoms with Gasteiger partial charge in [-0.25, -0.2) is 0 Å². The number of rotatable bonds is 6. The predicted molar refractivity (Wildman–Crippen MR) is 120 cm³/mol. The van der Waals surface area contributed by atoms with Gasteiger partial charge in [-0.15, -0.1) is 6.58 Å². The van der Waals surface area contributed by atoms with Crippen molar-refractivity contribution in [3.63, 3.8) is 0 Å². The third kappa shape index (κ3) is 4.49. The van der Waals surface area contributed by atoms with Gasteiger partial charge >= 0.3 is 0 Å². The van der Waals surface area contributed by atoms with Crippen LogP contribution in [0.3, 0.4) is 0 Å². The molecule has 3 aromatic rings. The summed E-state index contributed by atoms with van der Waals surface area (Å²) in [7, 11) is 0. The summed E-state index contributed by atoms with van der Waals surface area (Å²) >= 11 is 0. The van der Waals surface area contributed by atoms with Crippen molar-refractivity contribution in [1.29, 1.82) is 0 Å². The number of hydrazone groups is 1. The molecule has 1 saturated heterocycles. The minimum Gasteiger partial charge on any atom is -0.507 e. The first-order valence-corrected chi connectivity index (χ1v) is 10.3. The molecule has 4 nitrogen and oxygen atoms in total. The molecule has 1 aliphatic rings. The van der Waals surface area contributed by atoms with Crippen LogP contribution >= 0.6 is 0 Å². The Kier molecular flexibility index (Phi) is 5.92. The summed E-state index contributed by atoms with van der Waals surface area (Å²) in [6.45, 7) is 8.75. The van der Waals surface area contributed by atoms with E-state index in [1.54, 1.807) is 17.2 Å². The zero-order valence-electron chi connectivity index (χ0n) is 16.7. The van der Waals surface area contributed by atoms with Gasteiger partial charge < -0.3 is 10.0 Å². The summed E-state index contributed by atoms with van der Waals surface area (Å²) in [5, 5.41) is 19.8. The van der Waals surface area contributed by atoms with Gasteiger partial charge in [0.15, 0.2) is 0 Å². The van der Waals surface area contributed by atoms with Crippen LogP contribution in [0, 0.1) is 0 Å². The Morgan fingerprint density at radius 3 is 2.52 bits per heavy atom. The summed E-state index contributed by atoms with van der Waals surface area (Å²) in [6.07, 6.45) is 4.23. The highest BCUT2D eigenvalue weighted by Crippen LogP contribution is 2.22. The zero-order chi connectivity index (χ0) is 20.1. The number of hydrogen-bond donors (Lipinski definition) is 2. The predicted octanol–water partition coefficient (Wildman–Crippen LogP) is 3.01. The first-order chi connectivity index (χ1) is 14.2. The van der Waals surface area contributed by atoms with E-state index in [1.807, 2.05) is 18.2 Å². The van der Waals surface area contributed by atoms with E-state index < -0.39 is 0 Å². The highest BCUT2D eigenvalue weighted by Gasteiger charge is 2.19. The molecule has 0 aromatic heterocycles. The van der Waals surface area contributed by atoms with Gasteiger partial charge in [-0.3, -0.25) is 5.01 Å². The molecule has 1 fully saturated rings. The van der Waals surface area contributed by atoms with E-state index in [9.17, 15) is 5.11 Å². The van der Waals surface area contributed by atoms with Crippen LogP contribution in [-0.2, 0) is 13.0 Å². The lowest BCUT2D eigenvalue weighted by Crippen LogP contribution is -3.13. The molecule has 0 bridgehead atoms. The fourth-order valence-electron chi connectivity index (χ4n) is 4.00. The lowest BCUT2D eigenvalue weighted by Gasteiger charge is -2.30. The van der Waals surface area contributed by atoms with Crippen LogP contribution in [0.1, 0.15) is 16.7 Å². The van der Waals surface area contributed by atoms with Crippen molar-refractivity contribution in [2.24, 2.45) is 5.10 Å². The minimum absolute atomic E-state index is 0.302. The van der Waals surface area contributed by atoms with Gasteiger partial charge in [-0.05, 0) is 28.8 Å². The number of nitrogens with one attached hydrogen (secondary N) is 1. The van der Waals surface area contributed by atoms with E-state index in [0.717, 1.165) is 43.9 Å². The van der Waals surface area contributed by atoms with Crippen molar-refractivity contribution in [2.75, 3.05) is 26.2 Å². The molecule has 148 valence electrons. The second kappa shape index (κ2) is 8.93. The van der Waals surface area contributed by atoms with Gasteiger partial charge in [-0.1, -0.05) is 60.7 Å². The summed E-state index contributed by atoms with van der Waals surface area (Å²) < 4.78 is 0. The topological polar surface area (TPSA) is 40.3 Å². The molecule has 4 heteroatoms. The Morgan fingerprint density at radius 2 is 1.69 bits per heavy atom. The van der Waals surface area contributed by atoms with Crippen LogP contribution in [0.4, 0.5) is 0 Å². The number of nitrogens with zero attached hydrogens (tertiary/aromatic N) is 2. The number of benzene rings is 3. The Labute approximate surface area is 172 Å². The summed E-state index contributed by atoms with van der Waals surface area (Å²) in [6, 6.07) is 21.0. The molecule has 4 rings (SSSR count). The molecule has 0 amide bonds. The number of hydrogen-bond acceptors (Lipinski definition) is 3. The van der Waals surface area contributed by atoms with E-state index in [1.165, 1.54) is 16.3 Å². The number of aromatic hydroxyl groups is 1. The maximum atomic E-state index is 10.4. The van der Waals surface area contributed by atoms with Gasteiger partial charge in [0, 0.05) is 11.1 Å². The van der Waals surface area contributed by atoms with Crippen LogP contribution in [0.2, 0.25) is 0 Å². The standard InChI is InChI=1S/C25H27N3O/c1-2-7-21-10-6-11-22(25(21)29)18-26-28-16-14-27(15-17-28)19-23-12-5-9-20-8-3-4-13-24(20)23/h2-6,8-13,18,29H,1,7,14-17,19H2/p+1. The molecule has 1 aliphatic heterocycles. The molecule has 0 radical (unpaired) electrons. The van der Waals surface area contributed by atoms with E-state index in [0.29, 0.717) is 12.2 Å². The fraction of sp³-hybridized carbons (Fsp3) is 0.240. The molecule has 0 atom stereocenters. The van der Waals surface area contributed by atoms with Crippen molar-refractivity contribution < 1.29 is 10.0 Å². The van der Waals surface area contributed by atoms with Crippen molar-refractivity contribution in [2.45, 2.75) is 13.0 Å². The Balaban J connectivity index is 1.37. The molecule has 1 heterocycles. The second-order valence-corrected chi connectivity index (χ2v) is 7.61. The van der Waals surface area contributed by atoms with Crippen LogP contribution in [0.15, 0.2) is 78.4 Å². The number of allylic oxidation sites excluding steroid dienone is 1. The monoisotopic (exact) mass is 386 g/mol. The van der Waals surface area contributed by atoms with Gasteiger partial charge in [0.2, 0.25) is 0 Å². The molecule has 0 saturated carbocycles. The molecule has 0 spiro atoms. The van der Waals surface area contributed by atoms with E-state index in [2.05, 4.69) is 59.2 Å². The molecule has 29 heavy (non-hydrogen) atoms. The van der Waals surface area contributed by atoms with Crippen LogP contribution in [0.25, 0.3) is 10.8 Å². The third-order valence-corrected chi connectivity index (χ3v) is 5.64. The smallest absolute Gasteiger partial charge is 0.127 e. The number of piperazine rings is 1. The molecule has 2 N–H and O–H groups in total. The normalized spacial score (nSPS) is 15.2. The maximum Gasteiger partial charge on any atom is 0.127 e. The molecule has 0 aliphatic carbocycles. The van der Waals surface area contributed by atoms with Gasteiger partial charge in [0.1, 0.15) is 12.3 Å². The van der Waals surface area contributed by atoms with E-state index >= 15 is 0 Å². The van der Waals surface area contributed by atoms with Crippen molar-refractivity contribution in [1.82, 2.24) is 5.01 Å². The first kappa shape index (κ1) is 19.2. The lowest BCUT2D eigenvalue weighted by atomic mass is 10.0. The largest absolute Gasteiger partial charge is 0.507 e. The van der Waals surface area contributed by atoms with Crippen molar-refractivity contribution in [3.8, 4) is 5.75 Å². The summed E-state index contributed by atoms with van der Waals surface area (Å²) in [5.74, 6) is 0.302. The second-order valence-electron chi connectivity index (χ2n) is 7.61. The first-order valence-electron chi connectivity index (χ1n) is 10.3. The quantitative estimate of drug-likeness (QED) is 0.505. The highest BCUT2D eigenvalue weighted by atomic mass is 16.3. The molecule has 0 unspecified atom stereocenters. The SMILES string of the molecule is C=CCc1cccc(C=NN2CC[NH+](Cc3cccc4ccccc34)CC2)c1O. The van der Waals surface area contributed by atoms with Crippen molar-refractivity contribution in [3.05, 3.63) is 90.0 Å². The number of para-hydroxylation sites is 1. The third-order valence-electron chi connectivity index (χ3n) is 5.64. The summed E-state index contributed by atoms with van der Waals surface area (Å²) in [4.78, 5) is 1.59. The van der Waals surface area contributed by atoms with Crippen LogP contribution < -0.4 is 4.90 Å². The summed E-state index contributed by atoms with van der Waals surface area (Å²) in [5.41, 5.74) is 3.06. The average Bonchev–Trinajstić information content (AvgIpc) is 2.76. The molecule has 3 aromatic carbocycles. The highest BCUT2D eigenvalue weighted by molar-refractivity contribution is 5.85. The number of fused-ring (bicyclic) bond motifs is 1.